The molecule has 0 aliphatic rings. The van der Waals surface area contributed by atoms with Crippen LogP contribution in [0.5, 0.6) is 0 Å². The van der Waals surface area contributed by atoms with Crippen LogP contribution in [0, 0.1) is 12.3 Å². The molecule has 0 aliphatic carbocycles. The Bertz CT molecular complexity index is 78.3. The van der Waals surface area contributed by atoms with Gasteiger partial charge >= 0.3 is 0 Å². The predicted molar refractivity (Wildman–Crippen MR) is 46.9 cm³/mol. The van der Waals surface area contributed by atoms with Gasteiger partial charge in [-0.1, -0.05) is 13.8 Å². The van der Waals surface area contributed by atoms with E-state index in [4.69, 9.17) is 0 Å². The monoisotopic (exact) mass is 142 g/mol. The van der Waals surface area contributed by atoms with E-state index in [0.717, 1.165) is 6.54 Å². The van der Waals surface area contributed by atoms with Crippen molar-refractivity contribution in [1.29, 1.82) is 0 Å². The molecule has 0 bridgehead atoms. The third-order valence-corrected chi connectivity index (χ3v) is 1.10. The highest BCUT2D eigenvalue weighted by atomic mass is 14.9. The molecule has 0 radical (unpaired) electrons. The molecule has 0 amide bonds. The quantitative estimate of drug-likeness (QED) is 0.583. The summed E-state index contributed by atoms with van der Waals surface area (Å²) >= 11 is 0. The van der Waals surface area contributed by atoms with Crippen LogP contribution in [0.2, 0.25) is 0 Å². The van der Waals surface area contributed by atoms with E-state index in [1.165, 1.54) is 0 Å². The molecule has 0 aromatic heterocycles. The maximum absolute atomic E-state index is 4.01. The average Bonchev–Trinajstić information content (AvgIpc) is 1.57. The zero-order chi connectivity index (χ0) is 8.41. The Labute approximate surface area is 65.2 Å². The second-order valence-corrected chi connectivity index (χ2v) is 4.77. The maximum atomic E-state index is 4.01. The minimum atomic E-state index is 0.146. The molecule has 0 heterocycles. The van der Waals surface area contributed by atoms with E-state index in [1.807, 2.05) is 0 Å². The molecule has 0 atom stereocenters. The van der Waals surface area contributed by atoms with Gasteiger partial charge in [-0.05, 0) is 27.3 Å². The second kappa shape index (κ2) is 2.91. The van der Waals surface area contributed by atoms with Crippen molar-refractivity contribution in [3.05, 3.63) is 6.92 Å². The number of rotatable bonds is 2. The predicted octanol–water partition coefficient (Wildman–Crippen LogP) is 2.23. The molecule has 62 valence electrons. The van der Waals surface area contributed by atoms with Crippen molar-refractivity contribution < 1.29 is 0 Å². The van der Waals surface area contributed by atoms with Gasteiger partial charge < -0.3 is 12.2 Å². The van der Waals surface area contributed by atoms with Gasteiger partial charge in [0.05, 0.1) is 0 Å². The number of hydrogen-bond donors (Lipinski definition) is 1. The van der Waals surface area contributed by atoms with E-state index in [1.54, 1.807) is 0 Å². The molecular weight excluding hydrogens is 122 g/mol. The van der Waals surface area contributed by atoms with Crippen molar-refractivity contribution >= 4 is 0 Å². The molecule has 0 aromatic carbocycles. The first kappa shape index (κ1) is 9.96. The van der Waals surface area contributed by atoms with Gasteiger partial charge in [0.25, 0.3) is 0 Å². The van der Waals surface area contributed by atoms with Crippen LogP contribution in [-0.2, 0) is 0 Å². The van der Waals surface area contributed by atoms with E-state index in [2.05, 4.69) is 46.9 Å². The summed E-state index contributed by atoms with van der Waals surface area (Å²) in [6.45, 7) is 15.7. The van der Waals surface area contributed by atoms with Gasteiger partial charge in [0.1, 0.15) is 0 Å². The van der Waals surface area contributed by atoms with E-state index in [-0.39, 0.29) is 11.0 Å². The molecule has 0 saturated carbocycles. The van der Waals surface area contributed by atoms with Crippen LogP contribution in [0.1, 0.15) is 34.6 Å². The first-order chi connectivity index (χ1) is 4.21. The zero-order valence-corrected chi connectivity index (χ0v) is 7.91. The molecule has 0 spiro atoms. The molecule has 1 nitrogen and oxygen atoms in total. The van der Waals surface area contributed by atoms with Gasteiger partial charge in [0.2, 0.25) is 0 Å². The fraction of sp³-hybridized carbons (Fsp3) is 0.889. The summed E-state index contributed by atoms with van der Waals surface area (Å²) in [5.41, 5.74) is 0.363. The molecule has 1 N–H and O–H groups in total. The van der Waals surface area contributed by atoms with Crippen LogP contribution in [-0.4, -0.2) is 12.1 Å². The Kier molecular flexibility index (Phi) is 2.90. The first-order valence-corrected chi connectivity index (χ1v) is 3.81. The Balaban J connectivity index is 3.56. The van der Waals surface area contributed by atoms with Gasteiger partial charge in [-0.3, -0.25) is 0 Å². The average molecular weight is 142 g/mol. The van der Waals surface area contributed by atoms with Gasteiger partial charge in [0, 0.05) is 5.54 Å². The van der Waals surface area contributed by atoms with Gasteiger partial charge in [-0.15, -0.1) is 0 Å². The Morgan fingerprint density at radius 1 is 1.10 bits per heavy atom. The van der Waals surface area contributed by atoms with Crippen molar-refractivity contribution in [2.75, 3.05) is 6.54 Å². The van der Waals surface area contributed by atoms with Crippen LogP contribution >= 0.6 is 0 Å². The fourth-order valence-electron chi connectivity index (χ4n) is 0.504. The van der Waals surface area contributed by atoms with Crippen molar-refractivity contribution in [2.24, 2.45) is 5.41 Å². The van der Waals surface area contributed by atoms with Gasteiger partial charge in [-0.25, -0.2) is 0 Å². The molecular formula is C9H20N-. The smallest absolute Gasteiger partial charge is 0.00956 e. The van der Waals surface area contributed by atoms with Crippen LogP contribution in [0.3, 0.4) is 0 Å². The van der Waals surface area contributed by atoms with E-state index < -0.39 is 0 Å². The highest BCUT2D eigenvalue weighted by Crippen LogP contribution is 2.11. The summed E-state index contributed by atoms with van der Waals surface area (Å²) in [6.07, 6.45) is 0. The Morgan fingerprint density at radius 3 is 1.60 bits per heavy atom. The third-order valence-electron chi connectivity index (χ3n) is 1.10. The topological polar surface area (TPSA) is 12.0 Å². The largest absolute Gasteiger partial charge is 0.337 e. The van der Waals surface area contributed by atoms with Crippen molar-refractivity contribution in [1.82, 2.24) is 5.32 Å². The minimum Gasteiger partial charge on any atom is -0.337 e. The zero-order valence-electron chi connectivity index (χ0n) is 7.91. The SMILES string of the molecule is [CH2-]C(C)(C)CNC(C)(C)C. The summed E-state index contributed by atoms with van der Waals surface area (Å²) in [7, 11) is 0. The van der Waals surface area contributed by atoms with Crippen molar-refractivity contribution in [2.45, 2.75) is 40.2 Å². The molecule has 10 heavy (non-hydrogen) atoms. The van der Waals surface area contributed by atoms with Crippen LogP contribution < -0.4 is 5.32 Å². The van der Waals surface area contributed by atoms with E-state index in [0.29, 0.717) is 0 Å². The van der Waals surface area contributed by atoms with Crippen LogP contribution in [0.4, 0.5) is 0 Å². The number of nitrogens with one attached hydrogen (secondary N) is 1. The molecule has 0 aliphatic heterocycles. The third kappa shape index (κ3) is 7.96. The van der Waals surface area contributed by atoms with Gasteiger partial charge in [-0.2, -0.15) is 5.41 Å². The summed E-state index contributed by atoms with van der Waals surface area (Å²) in [5, 5.41) is 3.40. The maximum Gasteiger partial charge on any atom is 0.00956 e. The Morgan fingerprint density at radius 2 is 1.50 bits per heavy atom. The van der Waals surface area contributed by atoms with Crippen LogP contribution in [0.25, 0.3) is 0 Å². The minimum absolute atomic E-state index is 0.146. The second-order valence-electron chi connectivity index (χ2n) is 4.77. The Hall–Kier alpha value is -0.0400. The summed E-state index contributed by atoms with van der Waals surface area (Å²) in [5.74, 6) is 0. The van der Waals surface area contributed by atoms with E-state index in [9.17, 15) is 0 Å². The summed E-state index contributed by atoms with van der Waals surface area (Å²) < 4.78 is 0. The lowest BCUT2D eigenvalue weighted by Gasteiger charge is -2.32. The van der Waals surface area contributed by atoms with E-state index >= 15 is 0 Å². The lowest BCUT2D eigenvalue weighted by atomic mass is 9.95. The highest BCUT2D eigenvalue weighted by Gasteiger charge is 2.10. The summed E-state index contributed by atoms with van der Waals surface area (Å²) in [6, 6.07) is 0. The molecule has 0 aromatic rings. The molecule has 0 saturated heterocycles. The van der Waals surface area contributed by atoms with Crippen LogP contribution in [0.15, 0.2) is 0 Å². The molecule has 1 heteroatoms. The van der Waals surface area contributed by atoms with Crippen molar-refractivity contribution in [3.63, 3.8) is 0 Å². The van der Waals surface area contributed by atoms with Crippen molar-refractivity contribution in [3.8, 4) is 0 Å². The first-order valence-electron chi connectivity index (χ1n) is 3.81. The number of hydrogen-bond acceptors (Lipinski definition) is 1. The molecule has 0 unspecified atom stereocenters. The standard InChI is InChI=1S/C9H20N/c1-8(2,3)7-10-9(4,5)6/h10H,1,7H2,2-6H3/q-1. The molecule has 0 rings (SSSR count). The highest BCUT2D eigenvalue weighted by molar-refractivity contribution is 4.79. The lowest BCUT2D eigenvalue weighted by Crippen LogP contribution is -2.41. The lowest BCUT2D eigenvalue weighted by molar-refractivity contribution is 0.342. The molecule has 0 fully saturated rings. The fourth-order valence-corrected chi connectivity index (χ4v) is 0.504. The summed E-state index contributed by atoms with van der Waals surface area (Å²) in [4.78, 5) is 0. The normalized spacial score (nSPS) is 13.8. The van der Waals surface area contributed by atoms with Gasteiger partial charge in [0.15, 0.2) is 0 Å².